The van der Waals surface area contributed by atoms with E-state index in [9.17, 15) is 5.26 Å². The van der Waals surface area contributed by atoms with Gasteiger partial charge in [0.15, 0.2) is 0 Å². The van der Waals surface area contributed by atoms with Crippen LogP contribution in [0.5, 0.6) is 17.2 Å². The molecule has 2 fully saturated rings. The van der Waals surface area contributed by atoms with E-state index in [4.69, 9.17) is 37.4 Å². The summed E-state index contributed by atoms with van der Waals surface area (Å²) in [4.78, 5) is 9.03. The molecule has 2 aliphatic heterocycles. The van der Waals surface area contributed by atoms with Gasteiger partial charge < -0.3 is 19.1 Å². The van der Waals surface area contributed by atoms with Gasteiger partial charge >= 0.3 is 0 Å². The molecular formula is C44H48Cl2N6O3. The van der Waals surface area contributed by atoms with Gasteiger partial charge in [-0.05, 0) is 99.1 Å². The SMILES string of the molecule is Cc1c(COc2cc(OCc3cncc(C#N)c3)c(CN3CCCC(c4cnn(C)c4)C3)cc2Cl)cccc1-c1cccc(OCC2CCCN(C)C2)c1Cl. The number of benzene rings is 3. The number of aryl methyl sites for hydroxylation is 1. The number of aromatic nitrogens is 3. The van der Waals surface area contributed by atoms with Crippen LogP contribution in [0.2, 0.25) is 10.0 Å². The summed E-state index contributed by atoms with van der Waals surface area (Å²) in [5.74, 6) is 2.83. The maximum atomic E-state index is 9.41. The molecular weight excluding hydrogens is 731 g/mol. The third kappa shape index (κ3) is 9.63. The van der Waals surface area contributed by atoms with Gasteiger partial charge in [-0.25, -0.2) is 0 Å². The number of hydrogen-bond acceptors (Lipinski definition) is 8. The number of hydrogen-bond donors (Lipinski definition) is 0. The molecule has 0 spiro atoms. The topological polar surface area (TPSA) is 88.7 Å². The minimum atomic E-state index is 0.247. The first kappa shape index (κ1) is 38.7. The van der Waals surface area contributed by atoms with Crippen LogP contribution in [0.25, 0.3) is 11.1 Å². The Kier molecular flexibility index (Phi) is 12.6. The molecule has 2 atom stereocenters. The smallest absolute Gasteiger partial charge is 0.142 e. The number of halogens is 2. The van der Waals surface area contributed by atoms with Crippen molar-refractivity contribution in [2.45, 2.75) is 58.3 Å². The largest absolute Gasteiger partial charge is 0.492 e. The van der Waals surface area contributed by atoms with Gasteiger partial charge in [-0.15, -0.1) is 0 Å². The van der Waals surface area contributed by atoms with Crippen molar-refractivity contribution >= 4 is 23.2 Å². The zero-order valence-corrected chi connectivity index (χ0v) is 33.3. The first-order valence-electron chi connectivity index (χ1n) is 19.1. The molecule has 55 heavy (non-hydrogen) atoms. The normalized spacial score (nSPS) is 17.8. The maximum Gasteiger partial charge on any atom is 0.142 e. The third-order valence-corrected chi connectivity index (χ3v) is 11.5. The van der Waals surface area contributed by atoms with Crippen molar-refractivity contribution in [3.05, 3.63) is 123 Å². The number of nitrogens with zero attached hydrogens (tertiary/aromatic N) is 6. The zero-order chi connectivity index (χ0) is 38.3. The molecule has 11 heteroatoms. The Balaban J connectivity index is 1.09. The van der Waals surface area contributed by atoms with E-state index in [1.54, 1.807) is 18.5 Å². The van der Waals surface area contributed by atoms with Gasteiger partial charge in [0.2, 0.25) is 0 Å². The average Bonchev–Trinajstić information content (AvgIpc) is 3.64. The second kappa shape index (κ2) is 17.9. The van der Waals surface area contributed by atoms with Crippen molar-refractivity contribution in [1.82, 2.24) is 24.6 Å². The minimum Gasteiger partial charge on any atom is -0.492 e. The Hall–Kier alpha value is -4.59. The summed E-state index contributed by atoms with van der Waals surface area (Å²) in [6.07, 6.45) is 11.9. The van der Waals surface area contributed by atoms with Gasteiger partial charge in [-0.1, -0.05) is 53.5 Å². The highest BCUT2D eigenvalue weighted by Crippen LogP contribution is 2.39. The summed E-state index contributed by atoms with van der Waals surface area (Å²) in [6.45, 7) is 8.04. The molecule has 0 amide bonds. The lowest BCUT2D eigenvalue weighted by Crippen LogP contribution is -2.34. The molecule has 0 N–H and O–H groups in total. The van der Waals surface area contributed by atoms with Crippen LogP contribution < -0.4 is 14.2 Å². The molecule has 4 heterocycles. The number of ether oxygens (including phenoxy) is 3. The van der Waals surface area contributed by atoms with Gasteiger partial charge in [0.25, 0.3) is 0 Å². The van der Waals surface area contributed by atoms with Crippen LogP contribution in [-0.2, 0) is 26.8 Å². The molecule has 2 saturated heterocycles. The highest BCUT2D eigenvalue weighted by atomic mass is 35.5. The molecule has 7 rings (SSSR count). The number of piperidine rings is 2. The van der Waals surface area contributed by atoms with Crippen LogP contribution in [0.3, 0.4) is 0 Å². The monoisotopic (exact) mass is 778 g/mol. The second-order valence-electron chi connectivity index (χ2n) is 15.0. The Labute approximate surface area is 334 Å². The Morgan fingerprint density at radius 3 is 2.47 bits per heavy atom. The first-order chi connectivity index (χ1) is 26.7. The number of pyridine rings is 1. The molecule has 2 unspecified atom stereocenters. The zero-order valence-electron chi connectivity index (χ0n) is 31.8. The second-order valence-corrected chi connectivity index (χ2v) is 15.8. The molecule has 3 aromatic carbocycles. The first-order valence-corrected chi connectivity index (χ1v) is 19.8. The van der Waals surface area contributed by atoms with E-state index in [1.807, 2.05) is 54.3 Å². The number of rotatable bonds is 13. The molecule has 2 aromatic heterocycles. The molecule has 286 valence electrons. The summed E-state index contributed by atoms with van der Waals surface area (Å²) in [5.41, 5.74) is 7.56. The van der Waals surface area contributed by atoms with Crippen LogP contribution in [-0.4, -0.2) is 64.4 Å². The van der Waals surface area contributed by atoms with Crippen molar-refractivity contribution in [3.8, 4) is 34.4 Å². The fraction of sp³-hybridized carbons (Fsp3) is 0.386. The number of likely N-dealkylation sites (tertiary alicyclic amines) is 2. The summed E-state index contributed by atoms with van der Waals surface area (Å²) in [7, 11) is 4.13. The Bertz CT molecular complexity index is 2150. The van der Waals surface area contributed by atoms with Gasteiger partial charge in [-0.3, -0.25) is 14.6 Å². The van der Waals surface area contributed by atoms with E-state index in [1.165, 1.54) is 18.4 Å². The lowest BCUT2D eigenvalue weighted by atomic mass is 9.92. The summed E-state index contributed by atoms with van der Waals surface area (Å²) in [6, 6.07) is 20.0. The van der Waals surface area contributed by atoms with Crippen LogP contribution in [0.1, 0.15) is 65.0 Å². The minimum absolute atomic E-state index is 0.247. The summed E-state index contributed by atoms with van der Waals surface area (Å²) < 4.78 is 21.1. The van der Waals surface area contributed by atoms with Crippen LogP contribution >= 0.6 is 23.2 Å². The highest BCUT2D eigenvalue weighted by Gasteiger charge is 2.25. The molecule has 0 radical (unpaired) electrons. The third-order valence-electron chi connectivity index (χ3n) is 10.8. The molecule has 5 aromatic rings. The molecule has 0 bridgehead atoms. The van der Waals surface area contributed by atoms with E-state index in [-0.39, 0.29) is 6.61 Å². The molecule has 0 aliphatic carbocycles. The molecule has 2 aliphatic rings. The Morgan fingerprint density at radius 2 is 1.65 bits per heavy atom. The quantitative estimate of drug-likeness (QED) is 0.117. The van der Waals surface area contributed by atoms with Gasteiger partial charge in [0.05, 0.1) is 28.4 Å². The summed E-state index contributed by atoms with van der Waals surface area (Å²) in [5, 5.41) is 15.0. The van der Waals surface area contributed by atoms with E-state index >= 15 is 0 Å². The predicted octanol–water partition coefficient (Wildman–Crippen LogP) is 9.23. The fourth-order valence-electron chi connectivity index (χ4n) is 7.83. The maximum absolute atomic E-state index is 9.41. The summed E-state index contributed by atoms with van der Waals surface area (Å²) >= 11 is 14.0. The van der Waals surface area contributed by atoms with E-state index in [2.05, 4.69) is 58.3 Å². The van der Waals surface area contributed by atoms with E-state index in [0.29, 0.717) is 64.5 Å². The molecule has 9 nitrogen and oxygen atoms in total. The van der Waals surface area contributed by atoms with Gasteiger partial charge in [0, 0.05) is 73.9 Å². The number of nitriles is 1. The van der Waals surface area contributed by atoms with Gasteiger partial charge in [0.1, 0.15) is 36.5 Å². The predicted molar refractivity (Wildman–Crippen MR) is 217 cm³/mol. The van der Waals surface area contributed by atoms with Crippen molar-refractivity contribution in [2.75, 3.05) is 39.8 Å². The lowest BCUT2D eigenvalue weighted by Gasteiger charge is -2.32. The van der Waals surface area contributed by atoms with Crippen LogP contribution in [0.4, 0.5) is 0 Å². The van der Waals surface area contributed by atoms with Crippen LogP contribution in [0.15, 0.2) is 79.4 Å². The lowest BCUT2D eigenvalue weighted by molar-refractivity contribution is 0.150. The molecule has 0 saturated carbocycles. The van der Waals surface area contributed by atoms with Crippen LogP contribution in [0, 0.1) is 24.2 Å². The standard InChI is InChI=1S/C44H48Cl2N6O3/c1-30-35(9-4-11-38(30)39-12-5-13-41(44(39)46)53-27-31-8-6-14-50(2)23-31)29-55-43-18-42(54-28-33-16-32(19-47)20-48-21-33)36(17-40(43)45)26-52-15-7-10-34(25-52)37-22-49-51(3)24-37/h4-5,9,11-13,16-18,20-22,24,31,34H,6-8,10,14-15,23,25-29H2,1-3H3. The van der Waals surface area contributed by atoms with E-state index in [0.717, 1.165) is 72.4 Å². The fourth-order valence-corrected chi connectivity index (χ4v) is 8.35. The van der Waals surface area contributed by atoms with E-state index < -0.39 is 0 Å². The highest BCUT2D eigenvalue weighted by molar-refractivity contribution is 6.35. The van der Waals surface area contributed by atoms with Crippen molar-refractivity contribution in [1.29, 1.82) is 5.26 Å². The average molecular weight is 780 g/mol. The van der Waals surface area contributed by atoms with Crippen molar-refractivity contribution < 1.29 is 14.2 Å². The van der Waals surface area contributed by atoms with Crippen molar-refractivity contribution in [2.24, 2.45) is 13.0 Å². The Morgan fingerprint density at radius 1 is 0.836 bits per heavy atom. The van der Waals surface area contributed by atoms with Crippen molar-refractivity contribution in [3.63, 3.8) is 0 Å². The van der Waals surface area contributed by atoms with Gasteiger partial charge in [-0.2, -0.15) is 10.4 Å².